The van der Waals surface area contributed by atoms with Gasteiger partial charge in [-0.25, -0.2) is 27.9 Å². The number of ether oxygens (including phenoxy) is 1. The zero-order chi connectivity index (χ0) is 20.6. The molecule has 0 aliphatic heterocycles. The number of nitrogens with one attached hydrogen (secondary N) is 1. The lowest BCUT2D eigenvalue weighted by molar-refractivity contribution is 0.0466. The molecular weight excluding hydrogens is 390 g/mol. The van der Waals surface area contributed by atoms with E-state index in [9.17, 15) is 13.2 Å². The van der Waals surface area contributed by atoms with E-state index < -0.39 is 16.0 Å². The van der Waals surface area contributed by atoms with Crippen LogP contribution in [-0.2, 0) is 21.4 Å². The van der Waals surface area contributed by atoms with Gasteiger partial charge in [0.05, 0.1) is 32.9 Å². The Morgan fingerprint density at radius 3 is 2.48 bits per heavy atom. The summed E-state index contributed by atoms with van der Waals surface area (Å²) in [5.41, 5.74) is 3.60. The van der Waals surface area contributed by atoms with Gasteiger partial charge < -0.3 is 4.74 Å². The Bertz CT molecular complexity index is 1200. The third kappa shape index (κ3) is 4.28. The monoisotopic (exact) mass is 411 g/mol. The minimum atomic E-state index is -3.65. The van der Waals surface area contributed by atoms with Crippen molar-refractivity contribution in [3.05, 3.63) is 65.0 Å². The van der Waals surface area contributed by atoms with Crippen molar-refractivity contribution in [2.24, 2.45) is 0 Å². The Labute approximate surface area is 169 Å². The molecular formula is C21H21N3O4S. The normalized spacial score (nSPS) is 14.1. The van der Waals surface area contributed by atoms with Gasteiger partial charge in [0.25, 0.3) is 0 Å². The lowest BCUT2D eigenvalue weighted by Gasteiger charge is -2.11. The average molecular weight is 411 g/mol. The summed E-state index contributed by atoms with van der Waals surface area (Å²) in [5.74, 6) is -0.597. The first-order valence-electron chi connectivity index (χ1n) is 9.36. The van der Waals surface area contributed by atoms with Crippen molar-refractivity contribution >= 4 is 27.0 Å². The number of hydrogen-bond acceptors (Lipinski definition) is 6. The lowest BCUT2D eigenvalue weighted by atomic mass is 10.1. The van der Waals surface area contributed by atoms with E-state index in [1.165, 1.54) is 12.1 Å². The topological polar surface area (TPSA) is 98.2 Å². The van der Waals surface area contributed by atoms with Crippen LogP contribution in [0.25, 0.3) is 11.0 Å². The second-order valence-electron chi connectivity index (χ2n) is 7.19. The summed E-state index contributed by atoms with van der Waals surface area (Å²) in [6.07, 6.45) is 1.68. The van der Waals surface area contributed by atoms with E-state index >= 15 is 0 Å². The lowest BCUT2D eigenvalue weighted by Crippen LogP contribution is -2.26. The second-order valence-corrected chi connectivity index (χ2v) is 8.91. The molecule has 1 aliphatic carbocycles. The smallest absolute Gasteiger partial charge is 0.338 e. The van der Waals surface area contributed by atoms with Crippen LogP contribution < -0.4 is 4.72 Å². The summed E-state index contributed by atoms with van der Waals surface area (Å²) in [5, 5.41) is 0. The van der Waals surface area contributed by atoms with Crippen LogP contribution in [0.3, 0.4) is 0 Å². The summed E-state index contributed by atoms with van der Waals surface area (Å²) in [7, 11) is -3.65. The largest absolute Gasteiger partial charge is 0.455 e. The van der Waals surface area contributed by atoms with Gasteiger partial charge in [-0.15, -0.1) is 0 Å². The van der Waals surface area contributed by atoms with Crippen molar-refractivity contribution in [1.29, 1.82) is 0 Å². The van der Waals surface area contributed by atoms with E-state index in [1.54, 1.807) is 13.0 Å². The number of para-hydroxylation sites is 2. The van der Waals surface area contributed by atoms with Crippen molar-refractivity contribution in [1.82, 2.24) is 14.7 Å². The molecule has 0 amide bonds. The van der Waals surface area contributed by atoms with Gasteiger partial charge in [-0.2, -0.15) is 0 Å². The average Bonchev–Trinajstić information content (AvgIpc) is 3.49. The number of hydrogen-bond donors (Lipinski definition) is 1. The Kier molecular flexibility index (Phi) is 5.06. The number of fused-ring (bicyclic) bond motifs is 1. The van der Waals surface area contributed by atoms with Crippen LogP contribution >= 0.6 is 0 Å². The molecule has 0 saturated heterocycles. The maximum atomic E-state index is 12.6. The van der Waals surface area contributed by atoms with Crippen LogP contribution in [0, 0.1) is 13.8 Å². The molecule has 0 bridgehead atoms. The Morgan fingerprint density at radius 1 is 1.10 bits per heavy atom. The van der Waals surface area contributed by atoms with Crippen molar-refractivity contribution < 1.29 is 17.9 Å². The van der Waals surface area contributed by atoms with Gasteiger partial charge in [-0.05, 0) is 56.5 Å². The number of aryl methyl sites for hydroxylation is 2. The summed E-state index contributed by atoms with van der Waals surface area (Å²) < 4.78 is 32.9. The Balaban J connectivity index is 1.54. The van der Waals surface area contributed by atoms with Gasteiger partial charge in [-0.3, -0.25) is 0 Å². The summed E-state index contributed by atoms with van der Waals surface area (Å²) in [6, 6.07) is 11.9. The van der Waals surface area contributed by atoms with Crippen LogP contribution in [-0.4, -0.2) is 30.4 Å². The highest BCUT2D eigenvalue weighted by atomic mass is 32.2. The van der Waals surface area contributed by atoms with Gasteiger partial charge in [0.1, 0.15) is 6.61 Å². The highest BCUT2D eigenvalue weighted by molar-refractivity contribution is 7.89. The van der Waals surface area contributed by atoms with E-state index in [1.807, 2.05) is 31.2 Å². The quantitative estimate of drug-likeness (QED) is 0.626. The molecule has 0 spiro atoms. The highest BCUT2D eigenvalue weighted by Crippen LogP contribution is 2.24. The van der Waals surface area contributed by atoms with E-state index in [-0.39, 0.29) is 23.1 Å². The van der Waals surface area contributed by atoms with E-state index in [0.717, 1.165) is 23.9 Å². The summed E-state index contributed by atoms with van der Waals surface area (Å²) in [4.78, 5) is 21.7. The predicted molar refractivity (Wildman–Crippen MR) is 108 cm³/mol. The van der Waals surface area contributed by atoms with Crippen LogP contribution in [0.15, 0.2) is 47.4 Å². The van der Waals surface area contributed by atoms with Crippen molar-refractivity contribution in [3.63, 3.8) is 0 Å². The minimum Gasteiger partial charge on any atom is -0.455 e. The molecule has 2 aromatic carbocycles. The number of carbonyl (C=O) groups is 1. The van der Waals surface area contributed by atoms with Crippen molar-refractivity contribution in [2.75, 3.05) is 0 Å². The van der Waals surface area contributed by atoms with Gasteiger partial charge in [0, 0.05) is 6.04 Å². The Hall–Kier alpha value is -2.84. The first-order chi connectivity index (χ1) is 13.8. The zero-order valence-electron chi connectivity index (χ0n) is 16.2. The minimum absolute atomic E-state index is 0.00819. The standard InChI is InChI=1S/C21H21N3O4S/c1-13-7-10-16(29(26,27)24-15-8-9-15)11-17(13)21(25)28-12-20-14(2)22-18-5-3-4-6-19(18)23-20/h3-7,10-11,15,24H,8-9,12H2,1-2H3. The van der Waals surface area contributed by atoms with Gasteiger partial charge >= 0.3 is 5.97 Å². The number of aromatic nitrogens is 2. The fourth-order valence-corrected chi connectivity index (χ4v) is 4.28. The van der Waals surface area contributed by atoms with Crippen molar-refractivity contribution in [2.45, 2.75) is 44.2 Å². The molecule has 0 unspecified atom stereocenters. The molecule has 1 aliphatic rings. The third-order valence-corrected chi connectivity index (χ3v) is 6.34. The molecule has 1 saturated carbocycles. The maximum Gasteiger partial charge on any atom is 0.338 e. The van der Waals surface area contributed by atoms with Crippen LogP contribution in [0.2, 0.25) is 0 Å². The molecule has 7 nitrogen and oxygen atoms in total. The fourth-order valence-electron chi connectivity index (χ4n) is 2.95. The number of esters is 1. The molecule has 1 N–H and O–H groups in total. The number of sulfonamides is 1. The van der Waals surface area contributed by atoms with Crippen LogP contribution in [0.4, 0.5) is 0 Å². The SMILES string of the molecule is Cc1ccc(S(=O)(=O)NC2CC2)cc1C(=O)OCc1nc2ccccc2nc1C. The van der Waals surface area contributed by atoms with Gasteiger partial charge in [0.15, 0.2) is 0 Å². The molecule has 29 heavy (non-hydrogen) atoms. The Morgan fingerprint density at radius 2 is 1.79 bits per heavy atom. The molecule has 150 valence electrons. The highest BCUT2D eigenvalue weighted by Gasteiger charge is 2.28. The van der Waals surface area contributed by atoms with Crippen LogP contribution in [0.5, 0.6) is 0 Å². The maximum absolute atomic E-state index is 12.6. The molecule has 8 heteroatoms. The van der Waals surface area contributed by atoms with Gasteiger partial charge in [0.2, 0.25) is 10.0 Å². The zero-order valence-corrected chi connectivity index (χ0v) is 17.0. The molecule has 4 rings (SSSR count). The second kappa shape index (κ2) is 7.53. The molecule has 0 radical (unpaired) electrons. The first kappa shape index (κ1) is 19.5. The molecule has 1 fully saturated rings. The third-order valence-electron chi connectivity index (χ3n) is 4.82. The first-order valence-corrected chi connectivity index (χ1v) is 10.8. The molecule has 0 atom stereocenters. The molecule has 3 aromatic rings. The molecule has 1 aromatic heterocycles. The fraction of sp³-hybridized carbons (Fsp3) is 0.286. The molecule has 1 heterocycles. The van der Waals surface area contributed by atoms with Gasteiger partial charge in [-0.1, -0.05) is 18.2 Å². The summed E-state index contributed by atoms with van der Waals surface area (Å²) >= 11 is 0. The van der Waals surface area contributed by atoms with E-state index in [2.05, 4.69) is 14.7 Å². The van der Waals surface area contributed by atoms with E-state index in [4.69, 9.17) is 4.74 Å². The van der Waals surface area contributed by atoms with E-state index in [0.29, 0.717) is 17.0 Å². The number of nitrogens with zero attached hydrogens (tertiary/aromatic N) is 2. The predicted octanol–water partition coefficient (Wildman–Crippen LogP) is 3.04. The number of rotatable bonds is 6. The van der Waals surface area contributed by atoms with Crippen LogP contribution in [0.1, 0.15) is 40.2 Å². The number of benzene rings is 2. The summed E-state index contributed by atoms with van der Waals surface area (Å²) in [6.45, 7) is 3.51. The number of carbonyl (C=O) groups excluding carboxylic acids is 1. The van der Waals surface area contributed by atoms with Crippen molar-refractivity contribution in [3.8, 4) is 0 Å².